The number of fused-ring (bicyclic) bond motifs is 1. The van der Waals surface area contributed by atoms with E-state index < -0.39 is 5.97 Å². The average Bonchev–Trinajstić information content (AvgIpc) is 2.62. The molecule has 1 aromatic heterocycles. The Kier molecular flexibility index (Phi) is 4.58. The van der Waals surface area contributed by atoms with Crippen LogP contribution in [0.25, 0.3) is 10.8 Å². The van der Waals surface area contributed by atoms with E-state index in [0.717, 1.165) is 12.8 Å². The maximum absolute atomic E-state index is 12.1. The first kappa shape index (κ1) is 17.5. The van der Waals surface area contributed by atoms with Crippen molar-refractivity contribution in [3.05, 3.63) is 68.6 Å². The molecule has 27 heavy (non-hydrogen) atoms. The van der Waals surface area contributed by atoms with E-state index in [0.29, 0.717) is 34.2 Å². The van der Waals surface area contributed by atoms with Crippen LogP contribution in [-0.2, 0) is 6.42 Å². The Morgan fingerprint density at radius 3 is 2.78 bits per heavy atom. The SMILES string of the molecule is O=C(O)c1cccc(Cc2n[nH]c(=O)c3ccc(OC4CCC4)cc23)c1Cl. The second kappa shape index (κ2) is 7.04. The number of hydrogen-bond donors (Lipinski definition) is 2. The van der Waals surface area contributed by atoms with Crippen molar-refractivity contribution in [2.45, 2.75) is 31.8 Å². The predicted octanol–water partition coefficient (Wildman–Crippen LogP) is 3.80. The Labute approximate surface area is 159 Å². The summed E-state index contributed by atoms with van der Waals surface area (Å²) in [5.41, 5.74) is 0.988. The van der Waals surface area contributed by atoms with E-state index in [2.05, 4.69) is 10.2 Å². The molecule has 0 spiro atoms. The zero-order chi connectivity index (χ0) is 19.0. The summed E-state index contributed by atoms with van der Waals surface area (Å²) in [6.45, 7) is 0. The first-order valence-electron chi connectivity index (χ1n) is 8.71. The fourth-order valence-electron chi connectivity index (χ4n) is 3.15. The molecule has 7 heteroatoms. The van der Waals surface area contributed by atoms with Gasteiger partial charge in [0, 0.05) is 11.8 Å². The number of nitrogens with one attached hydrogen (secondary N) is 1. The van der Waals surface area contributed by atoms with Gasteiger partial charge in [0.05, 0.1) is 27.8 Å². The minimum atomic E-state index is -1.09. The van der Waals surface area contributed by atoms with Gasteiger partial charge in [-0.1, -0.05) is 23.7 Å². The topological polar surface area (TPSA) is 92.3 Å². The maximum Gasteiger partial charge on any atom is 0.337 e. The molecule has 1 fully saturated rings. The molecule has 2 N–H and O–H groups in total. The molecule has 0 amide bonds. The summed E-state index contributed by atoms with van der Waals surface area (Å²) < 4.78 is 5.93. The molecule has 4 rings (SSSR count). The normalized spacial score (nSPS) is 14.1. The van der Waals surface area contributed by atoms with E-state index in [1.165, 1.54) is 12.5 Å². The number of aromatic amines is 1. The van der Waals surface area contributed by atoms with Gasteiger partial charge in [-0.05, 0) is 49.1 Å². The molecular formula is C20H17ClN2O4. The summed E-state index contributed by atoms with van der Waals surface area (Å²) in [6.07, 6.45) is 3.76. The number of hydrogen-bond acceptors (Lipinski definition) is 4. The van der Waals surface area contributed by atoms with Gasteiger partial charge in [0.2, 0.25) is 0 Å². The molecule has 0 unspecified atom stereocenters. The van der Waals surface area contributed by atoms with Crippen molar-refractivity contribution in [3.8, 4) is 5.75 Å². The molecule has 1 aliphatic rings. The van der Waals surface area contributed by atoms with Gasteiger partial charge in [-0.15, -0.1) is 0 Å². The number of H-pyrrole nitrogens is 1. The van der Waals surface area contributed by atoms with Gasteiger partial charge < -0.3 is 9.84 Å². The number of rotatable bonds is 5. The molecule has 138 valence electrons. The van der Waals surface area contributed by atoms with Crippen LogP contribution >= 0.6 is 11.6 Å². The van der Waals surface area contributed by atoms with Crippen molar-refractivity contribution in [2.24, 2.45) is 0 Å². The molecule has 6 nitrogen and oxygen atoms in total. The largest absolute Gasteiger partial charge is 0.490 e. The van der Waals surface area contributed by atoms with Crippen LogP contribution in [0, 0.1) is 0 Å². The van der Waals surface area contributed by atoms with E-state index in [1.54, 1.807) is 24.3 Å². The van der Waals surface area contributed by atoms with Crippen molar-refractivity contribution in [1.82, 2.24) is 10.2 Å². The lowest BCUT2D eigenvalue weighted by Gasteiger charge is -2.26. The minimum absolute atomic E-state index is 0.0388. The third-order valence-electron chi connectivity index (χ3n) is 4.86. The fourth-order valence-corrected chi connectivity index (χ4v) is 3.42. The molecule has 0 bridgehead atoms. The smallest absolute Gasteiger partial charge is 0.337 e. The van der Waals surface area contributed by atoms with Crippen molar-refractivity contribution in [3.63, 3.8) is 0 Å². The van der Waals surface area contributed by atoms with Crippen LogP contribution in [0.5, 0.6) is 5.75 Å². The zero-order valence-corrected chi connectivity index (χ0v) is 15.1. The highest BCUT2D eigenvalue weighted by atomic mass is 35.5. The number of halogens is 1. The second-order valence-corrected chi connectivity index (χ2v) is 7.02. The number of ether oxygens (including phenoxy) is 1. The first-order valence-corrected chi connectivity index (χ1v) is 9.09. The highest BCUT2D eigenvalue weighted by molar-refractivity contribution is 6.34. The van der Waals surface area contributed by atoms with Gasteiger partial charge in [0.25, 0.3) is 5.56 Å². The zero-order valence-electron chi connectivity index (χ0n) is 14.4. The van der Waals surface area contributed by atoms with Gasteiger partial charge in [-0.25, -0.2) is 9.89 Å². The van der Waals surface area contributed by atoms with Crippen LogP contribution in [0.4, 0.5) is 0 Å². The molecule has 0 atom stereocenters. The molecule has 0 saturated heterocycles. The number of benzene rings is 2. The molecule has 0 radical (unpaired) electrons. The van der Waals surface area contributed by atoms with Crippen molar-refractivity contribution in [2.75, 3.05) is 0 Å². The summed E-state index contributed by atoms with van der Waals surface area (Å²) >= 11 is 6.26. The monoisotopic (exact) mass is 384 g/mol. The summed E-state index contributed by atoms with van der Waals surface area (Å²) in [4.78, 5) is 23.4. The van der Waals surface area contributed by atoms with Gasteiger partial charge in [-0.3, -0.25) is 4.79 Å². The fraction of sp³-hybridized carbons (Fsp3) is 0.250. The van der Waals surface area contributed by atoms with E-state index in [1.807, 2.05) is 6.07 Å². The minimum Gasteiger partial charge on any atom is -0.490 e. The molecule has 1 saturated carbocycles. The van der Waals surface area contributed by atoms with Gasteiger partial charge in [0.15, 0.2) is 0 Å². The van der Waals surface area contributed by atoms with Crippen LogP contribution in [0.1, 0.15) is 40.9 Å². The van der Waals surface area contributed by atoms with Crippen LogP contribution in [0.15, 0.2) is 41.2 Å². The maximum atomic E-state index is 12.1. The summed E-state index contributed by atoms with van der Waals surface area (Å²) in [7, 11) is 0. The first-order chi connectivity index (χ1) is 13.0. The Morgan fingerprint density at radius 2 is 2.07 bits per heavy atom. The van der Waals surface area contributed by atoms with E-state index in [-0.39, 0.29) is 22.2 Å². The van der Waals surface area contributed by atoms with Gasteiger partial charge in [-0.2, -0.15) is 5.10 Å². The third kappa shape index (κ3) is 3.40. The van der Waals surface area contributed by atoms with E-state index >= 15 is 0 Å². The van der Waals surface area contributed by atoms with Crippen LogP contribution in [0.3, 0.4) is 0 Å². The summed E-state index contributed by atoms with van der Waals surface area (Å²) in [6, 6.07) is 10.2. The number of nitrogens with zero attached hydrogens (tertiary/aromatic N) is 1. The number of aromatic carboxylic acids is 1. The third-order valence-corrected chi connectivity index (χ3v) is 5.31. The Morgan fingerprint density at radius 1 is 1.26 bits per heavy atom. The predicted molar refractivity (Wildman–Crippen MR) is 102 cm³/mol. The summed E-state index contributed by atoms with van der Waals surface area (Å²) in [5.74, 6) is -0.386. The molecule has 1 aliphatic carbocycles. The van der Waals surface area contributed by atoms with Crippen LogP contribution in [-0.4, -0.2) is 27.4 Å². The molecule has 3 aromatic rings. The highest BCUT2D eigenvalue weighted by Crippen LogP contribution is 2.29. The van der Waals surface area contributed by atoms with Crippen molar-refractivity contribution >= 4 is 28.3 Å². The van der Waals surface area contributed by atoms with Crippen LogP contribution < -0.4 is 10.3 Å². The second-order valence-electron chi connectivity index (χ2n) is 6.64. The lowest BCUT2D eigenvalue weighted by molar-refractivity contribution is 0.0697. The molecule has 2 aromatic carbocycles. The standard InChI is InChI=1S/C20H17ClN2O4/c21-18-11(3-1-6-15(18)20(25)26)9-17-16-10-13(27-12-4-2-5-12)7-8-14(16)19(24)23-22-17/h1,3,6-8,10,12H,2,4-5,9H2,(H,23,24)(H,25,26). The number of carboxylic acids is 1. The molecular weight excluding hydrogens is 368 g/mol. The number of aromatic nitrogens is 2. The molecule has 1 heterocycles. The van der Waals surface area contributed by atoms with Crippen molar-refractivity contribution < 1.29 is 14.6 Å². The number of carboxylic acid groups (broad SMARTS) is 1. The van der Waals surface area contributed by atoms with Crippen LogP contribution in [0.2, 0.25) is 5.02 Å². The van der Waals surface area contributed by atoms with E-state index in [9.17, 15) is 14.7 Å². The highest BCUT2D eigenvalue weighted by Gasteiger charge is 2.20. The quantitative estimate of drug-likeness (QED) is 0.698. The Bertz CT molecular complexity index is 1090. The van der Waals surface area contributed by atoms with Crippen molar-refractivity contribution in [1.29, 1.82) is 0 Å². The lowest BCUT2D eigenvalue weighted by Crippen LogP contribution is -2.24. The average molecular weight is 385 g/mol. The Balaban J connectivity index is 1.76. The van der Waals surface area contributed by atoms with E-state index in [4.69, 9.17) is 16.3 Å². The Hall–Kier alpha value is -2.86. The lowest BCUT2D eigenvalue weighted by atomic mass is 9.96. The summed E-state index contributed by atoms with van der Waals surface area (Å²) in [5, 5.41) is 17.3. The van der Waals surface area contributed by atoms with Gasteiger partial charge >= 0.3 is 5.97 Å². The number of carbonyl (C=O) groups is 1. The van der Waals surface area contributed by atoms with Gasteiger partial charge in [0.1, 0.15) is 5.75 Å². The molecule has 0 aliphatic heterocycles.